The molecule has 6 nitrogen and oxygen atoms in total. The van der Waals surface area contributed by atoms with Gasteiger partial charge in [-0.3, -0.25) is 4.99 Å². The van der Waals surface area contributed by atoms with Crippen molar-refractivity contribution in [2.24, 2.45) is 10.4 Å². The first-order chi connectivity index (χ1) is 11.8. The summed E-state index contributed by atoms with van der Waals surface area (Å²) in [6, 6.07) is 0. The highest BCUT2D eigenvalue weighted by atomic mass is 32.2. The molecule has 2 aliphatic rings. The number of sulfone groups is 1. The summed E-state index contributed by atoms with van der Waals surface area (Å²) in [5.41, 5.74) is 0.280. The van der Waals surface area contributed by atoms with Gasteiger partial charge in [-0.05, 0) is 45.4 Å². The minimum Gasteiger partial charge on any atom is -0.382 e. The van der Waals surface area contributed by atoms with Crippen LogP contribution >= 0.6 is 0 Å². The zero-order valence-corrected chi connectivity index (χ0v) is 17.1. The lowest BCUT2D eigenvalue weighted by Gasteiger charge is -2.40. The van der Waals surface area contributed by atoms with Gasteiger partial charge < -0.3 is 15.0 Å². The van der Waals surface area contributed by atoms with Crippen LogP contribution in [-0.2, 0) is 14.6 Å². The highest BCUT2D eigenvalue weighted by molar-refractivity contribution is 7.92. The Hall–Kier alpha value is -0.820. The van der Waals surface area contributed by atoms with E-state index in [1.165, 1.54) is 25.7 Å². The van der Waals surface area contributed by atoms with Crippen LogP contribution in [0.3, 0.4) is 0 Å². The first-order valence-corrected chi connectivity index (χ1v) is 11.2. The molecule has 1 aliphatic heterocycles. The summed E-state index contributed by atoms with van der Waals surface area (Å²) in [5, 5.41) is 3.54. The van der Waals surface area contributed by atoms with E-state index in [1.807, 2.05) is 20.8 Å². The van der Waals surface area contributed by atoms with Gasteiger partial charge in [-0.1, -0.05) is 12.8 Å². The molecule has 1 aliphatic carbocycles. The first kappa shape index (κ1) is 20.5. The molecule has 146 valence electrons. The molecule has 0 bridgehead atoms. The van der Waals surface area contributed by atoms with Gasteiger partial charge in [0.25, 0.3) is 0 Å². The van der Waals surface area contributed by atoms with Crippen molar-refractivity contribution in [3.8, 4) is 0 Å². The lowest BCUT2D eigenvalue weighted by atomic mass is 9.83. The van der Waals surface area contributed by atoms with E-state index in [2.05, 4.69) is 15.2 Å². The standard InChI is InChI=1S/C18H35N3O3S/c1-5-24-12-10-18(8-6-7-9-18)14-20-16(19-4)21-11-13-25(22,23)17(2,3)15-21/h5-15H2,1-4H3,(H,19,20). The van der Waals surface area contributed by atoms with Gasteiger partial charge >= 0.3 is 0 Å². The molecule has 2 fully saturated rings. The van der Waals surface area contributed by atoms with E-state index >= 15 is 0 Å². The Bertz CT molecular complexity index is 566. The van der Waals surface area contributed by atoms with Crippen LogP contribution in [0.5, 0.6) is 0 Å². The van der Waals surface area contributed by atoms with Gasteiger partial charge in [0.2, 0.25) is 0 Å². The lowest BCUT2D eigenvalue weighted by molar-refractivity contribution is 0.104. The van der Waals surface area contributed by atoms with E-state index in [4.69, 9.17) is 4.74 Å². The van der Waals surface area contributed by atoms with E-state index in [0.29, 0.717) is 13.1 Å². The third kappa shape index (κ3) is 4.88. The van der Waals surface area contributed by atoms with Gasteiger partial charge in [-0.25, -0.2) is 8.42 Å². The minimum absolute atomic E-state index is 0.191. The van der Waals surface area contributed by atoms with Crippen molar-refractivity contribution < 1.29 is 13.2 Å². The lowest BCUT2D eigenvalue weighted by Crippen LogP contribution is -2.58. The van der Waals surface area contributed by atoms with E-state index in [9.17, 15) is 8.42 Å². The maximum Gasteiger partial charge on any atom is 0.193 e. The second kappa shape index (κ2) is 8.25. The van der Waals surface area contributed by atoms with Crippen molar-refractivity contribution >= 4 is 15.8 Å². The Morgan fingerprint density at radius 1 is 1.28 bits per heavy atom. The molecule has 0 amide bonds. The molecule has 0 radical (unpaired) electrons. The van der Waals surface area contributed by atoms with Gasteiger partial charge in [0.05, 0.1) is 10.5 Å². The van der Waals surface area contributed by atoms with Gasteiger partial charge in [0.1, 0.15) is 0 Å². The smallest absolute Gasteiger partial charge is 0.193 e. The van der Waals surface area contributed by atoms with Gasteiger partial charge in [0.15, 0.2) is 15.8 Å². The van der Waals surface area contributed by atoms with Crippen molar-refractivity contribution in [3.05, 3.63) is 0 Å². The van der Waals surface area contributed by atoms with Crippen LogP contribution in [0.15, 0.2) is 4.99 Å². The van der Waals surface area contributed by atoms with Crippen LogP contribution in [0.4, 0.5) is 0 Å². The molecule has 1 saturated heterocycles. The van der Waals surface area contributed by atoms with E-state index in [-0.39, 0.29) is 11.2 Å². The summed E-state index contributed by atoms with van der Waals surface area (Å²) in [7, 11) is -1.26. The number of nitrogens with zero attached hydrogens (tertiary/aromatic N) is 2. The second-order valence-corrected chi connectivity index (χ2v) is 10.8. The van der Waals surface area contributed by atoms with Crippen LogP contribution in [0.1, 0.15) is 52.9 Å². The van der Waals surface area contributed by atoms with E-state index < -0.39 is 14.6 Å². The third-order valence-corrected chi connectivity index (χ3v) is 8.35. The van der Waals surface area contributed by atoms with Gasteiger partial charge in [-0.2, -0.15) is 0 Å². The number of hydrogen-bond acceptors (Lipinski definition) is 4. The molecule has 1 saturated carbocycles. The Kier molecular flexibility index (Phi) is 6.76. The molecule has 7 heteroatoms. The second-order valence-electron chi connectivity index (χ2n) is 8.05. The highest BCUT2D eigenvalue weighted by Crippen LogP contribution is 2.40. The summed E-state index contributed by atoms with van der Waals surface area (Å²) in [5.74, 6) is 1.02. The Labute approximate surface area is 153 Å². The van der Waals surface area contributed by atoms with Crippen molar-refractivity contribution in [2.75, 3.05) is 45.6 Å². The number of guanidine groups is 1. The molecule has 25 heavy (non-hydrogen) atoms. The molecule has 1 N–H and O–H groups in total. The summed E-state index contributed by atoms with van der Waals surface area (Å²) in [4.78, 5) is 6.51. The fourth-order valence-electron chi connectivity index (χ4n) is 4.00. The van der Waals surface area contributed by atoms with Crippen LogP contribution in [0, 0.1) is 5.41 Å². The Morgan fingerprint density at radius 2 is 1.96 bits per heavy atom. The molecule has 0 unspecified atom stereocenters. The number of hydrogen-bond donors (Lipinski definition) is 1. The summed E-state index contributed by atoms with van der Waals surface area (Å²) >= 11 is 0. The van der Waals surface area contributed by atoms with Crippen molar-refractivity contribution in [3.63, 3.8) is 0 Å². The van der Waals surface area contributed by atoms with Crippen molar-refractivity contribution in [2.45, 2.75) is 57.6 Å². The normalized spacial score (nSPS) is 25.1. The van der Waals surface area contributed by atoms with Crippen LogP contribution < -0.4 is 5.32 Å². The SMILES string of the molecule is CCOCCC1(CNC(=NC)N2CCS(=O)(=O)C(C)(C)C2)CCCC1. The number of nitrogens with one attached hydrogen (secondary N) is 1. The topological polar surface area (TPSA) is 71.0 Å². The summed E-state index contributed by atoms with van der Waals surface area (Å²) < 4.78 is 29.3. The maximum atomic E-state index is 12.2. The number of ether oxygens (including phenoxy) is 1. The molecule has 0 aromatic heterocycles. The Morgan fingerprint density at radius 3 is 2.52 bits per heavy atom. The zero-order chi connectivity index (χ0) is 18.6. The Balaban J connectivity index is 1.97. The minimum atomic E-state index is -3.03. The third-order valence-electron chi connectivity index (χ3n) is 5.82. The van der Waals surface area contributed by atoms with Gasteiger partial charge in [0, 0.05) is 39.9 Å². The molecule has 1 heterocycles. The van der Waals surface area contributed by atoms with Crippen LogP contribution in [0.2, 0.25) is 0 Å². The average Bonchev–Trinajstić information content (AvgIpc) is 3.01. The summed E-state index contributed by atoms with van der Waals surface area (Å²) in [6.45, 7) is 9.11. The molecule has 0 spiro atoms. The monoisotopic (exact) mass is 373 g/mol. The fraction of sp³-hybridized carbons (Fsp3) is 0.944. The predicted octanol–water partition coefficient (Wildman–Crippen LogP) is 2.06. The van der Waals surface area contributed by atoms with E-state index in [1.54, 1.807) is 7.05 Å². The zero-order valence-electron chi connectivity index (χ0n) is 16.3. The molecular weight excluding hydrogens is 338 g/mol. The number of aliphatic imine (C=N–C) groups is 1. The predicted molar refractivity (Wildman–Crippen MR) is 103 cm³/mol. The molecule has 0 aromatic carbocycles. The largest absolute Gasteiger partial charge is 0.382 e. The molecule has 2 rings (SSSR count). The summed E-state index contributed by atoms with van der Waals surface area (Å²) in [6.07, 6.45) is 6.08. The maximum absolute atomic E-state index is 12.2. The fourth-order valence-corrected chi connectivity index (χ4v) is 5.36. The van der Waals surface area contributed by atoms with Gasteiger partial charge in [-0.15, -0.1) is 0 Å². The van der Waals surface area contributed by atoms with Crippen molar-refractivity contribution in [1.29, 1.82) is 0 Å². The average molecular weight is 374 g/mol. The van der Waals surface area contributed by atoms with Crippen LogP contribution in [-0.4, -0.2) is 69.7 Å². The first-order valence-electron chi connectivity index (χ1n) is 9.51. The van der Waals surface area contributed by atoms with Crippen molar-refractivity contribution in [1.82, 2.24) is 10.2 Å². The quantitative estimate of drug-likeness (QED) is 0.438. The number of rotatable bonds is 6. The molecular formula is C18H35N3O3S. The highest BCUT2D eigenvalue weighted by Gasteiger charge is 2.41. The van der Waals surface area contributed by atoms with Crippen LogP contribution in [0.25, 0.3) is 0 Å². The van der Waals surface area contributed by atoms with E-state index in [0.717, 1.165) is 32.1 Å². The molecule has 0 aromatic rings. The molecule has 0 atom stereocenters.